The molecule has 1 atom stereocenters. The third kappa shape index (κ3) is 3.98. The Morgan fingerprint density at radius 1 is 1.33 bits per heavy atom. The molecule has 6 heteroatoms. The molecular weight excluding hydrogens is 365 g/mol. The molecule has 0 aliphatic carbocycles. The van der Waals surface area contributed by atoms with Crippen LogP contribution in [0.1, 0.15) is 54.6 Å². The quantitative estimate of drug-likeness (QED) is 0.597. The molecular formula is C21H23ClFN3O. The van der Waals surface area contributed by atoms with E-state index in [-0.39, 0.29) is 5.54 Å². The number of nitrogens with one attached hydrogen (secondary N) is 1. The monoisotopic (exact) mass is 387 g/mol. The number of anilines is 1. The van der Waals surface area contributed by atoms with Crippen LogP contribution in [0.15, 0.2) is 41.5 Å². The second kappa shape index (κ2) is 7.31. The molecule has 0 bridgehead atoms. The number of fused-ring (bicyclic) bond motifs is 1. The van der Waals surface area contributed by atoms with E-state index in [1.54, 1.807) is 0 Å². The van der Waals surface area contributed by atoms with E-state index in [1.807, 2.05) is 12.1 Å². The standard InChI is InChI=1S/C21H23ClFN3O/c1-13-11-21(2,3)26(4)19-10-18(22)15(9-17(13)19)12-24-25-20(27)14-5-7-16(23)8-6-14/h5-10,12-13H,11H2,1-4H3,(H,25,27)/b24-12-/t13-/m1/s1. The zero-order valence-corrected chi connectivity index (χ0v) is 16.6. The van der Waals surface area contributed by atoms with Crippen molar-refractivity contribution >= 4 is 29.4 Å². The van der Waals surface area contributed by atoms with Crippen LogP contribution in [0, 0.1) is 5.82 Å². The molecule has 4 nitrogen and oxygen atoms in total. The van der Waals surface area contributed by atoms with Crippen LogP contribution in [-0.2, 0) is 0 Å². The lowest BCUT2D eigenvalue weighted by molar-refractivity contribution is 0.0955. The van der Waals surface area contributed by atoms with Crippen LogP contribution in [-0.4, -0.2) is 24.7 Å². The van der Waals surface area contributed by atoms with Crippen LogP contribution in [0.5, 0.6) is 0 Å². The summed E-state index contributed by atoms with van der Waals surface area (Å²) in [6.45, 7) is 6.65. The molecule has 0 spiro atoms. The van der Waals surface area contributed by atoms with E-state index in [0.717, 1.165) is 17.7 Å². The highest BCUT2D eigenvalue weighted by atomic mass is 35.5. The molecule has 1 heterocycles. The average molecular weight is 388 g/mol. The predicted molar refractivity (Wildman–Crippen MR) is 108 cm³/mol. The summed E-state index contributed by atoms with van der Waals surface area (Å²) in [6, 6.07) is 9.27. The Kier molecular flexibility index (Phi) is 5.24. The van der Waals surface area contributed by atoms with Gasteiger partial charge in [-0.15, -0.1) is 0 Å². The van der Waals surface area contributed by atoms with Gasteiger partial charge in [0, 0.05) is 29.4 Å². The third-order valence-corrected chi connectivity index (χ3v) is 5.56. The summed E-state index contributed by atoms with van der Waals surface area (Å²) >= 11 is 6.44. The highest BCUT2D eigenvalue weighted by Gasteiger charge is 2.34. The van der Waals surface area contributed by atoms with Crippen molar-refractivity contribution in [3.05, 3.63) is 63.9 Å². The van der Waals surface area contributed by atoms with Gasteiger partial charge in [-0.1, -0.05) is 18.5 Å². The second-order valence-corrected chi connectivity index (χ2v) is 8.02. The summed E-state index contributed by atoms with van der Waals surface area (Å²) in [7, 11) is 2.08. The Bertz CT molecular complexity index is 893. The minimum Gasteiger partial charge on any atom is -0.369 e. The Hall–Kier alpha value is -2.40. The minimum atomic E-state index is -0.407. The number of carbonyl (C=O) groups is 1. The molecule has 0 aromatic heterocycles. The van der Waals surface area contributed by atoms with Crippen LogP contribution >= 0.6 is 11.6 Å². The van der Waals surface area contributed by atoms with Crippen LogP contribution in [0.4, 0.5) is 10.1 Å². The maximum atomic E-state index is 12.9. The lowest BCUT2D eigenvalue weighted by Crippen LogP contribution is -2.45. The SMILES string of the molecule is C[C@@H]1CC(C)(C)N(C)c2cc(Cl)c(/C=N\NC(=O)c3ccc(F)cc3)cc21. The van der Waals surface area contributed by atoms with E-state index < -0.39 is 11.7 Å². The van der Waals surface area contributed by atoms with Crippen LogP contribution in [0.25, 0.3) is 0 Å². The number of benzene rings is 2. The van der Waals surface area contributed by atoms with Gasteiger partial charge in [-0.25, -0.2) is 9.82 Å². The molecule has 0 radical (unpaired) electrons. The fourth-order valence-electron chi connectivity index (χ4n) is 3.53. The number of amides is 1. The maximum Gasteiger partial charge on any atom is 0.271 e. The van der Waals surface area contributed by atoms with E-state index in [1.165, 1.54) is 36.0 Å². The van der Waals surface area contributed by atoms with Crippen molar-refractivity contribution in [2.75, 3.05) is 11.9 Å². The van der Waals surface area contributed by atoms with Crippen molar-refractivity contribution in [3.8, 4) is 0 Å². The molecule has 3 rings (SSSR count). The van der Waals surface area contributed by atoms with Crippen molar-refractivity contribution in [2.45, 2.75) is 38.6 Å². The lowest BCUT2D eigenvalue weighted by atomic mass is 9.80. The van der Waals surface area contributed by atoms with Gasteiger partial charge in [-0.2, -0.15) is 5.10 Å². The van der Waals surface area contributed by atoms with Crippen LogP contribution in [0.2, 0.25) is 5.02 Å². The molecule has 0 saturated carbocycles. The Morgan fingerprint density at radius 2 is 2.00 bits per heavy atom. The zero-order valence-electron chi connectivity index (χ0n) is 15.9. The fraction of sp³-hybridized carbons (Fsp3) is 0.333. The number of nitrogens with zero attached hydrogens (tertiary/aromatic N) is 2. The van der Waals surface area contributed by atoms with E-state index in [0.29, 0.717) is 16.5 Å². The van der Waals surface area contributed by atoms with Gasteiger partial charge >= 0.3 is 0 Å². The van der Waals surface area contributed by atoms with Gasteiger partial charge in [0.25, 0.3) is 5.91 Å². The summed E-state index contributed by atoms with van der Waals surface area (Å²) in [5.41, 5.74) is 5.93. The first-order valence-corrected chi connectivity index (χ1v) is 9.23. The van der Waals surface area contributed by atoms with Crippen molar-refractivity contribution < 1.29 is 9.18 Å². The molecule has 27 heavy (non-hydrogen) atoms. The largest absolute Gasteiger partial charge is 0.369 e. The van der Waals surface area contributed by atoms with Crippen molar-refractivity contribution in [2.24, 2.45) is 5.10 Å². The molecule has 1 aliphatic heterocycles. The summed E-state index contributed by atoms with van der Waals surface area (Å²) < 4.78 is 12.9. The smallest absolute Gasteiger partial charge is 0.271 e. The van der Waals surface area contributed by atoms with Crippen LogP contribution in [0.3, 0.4) is 0 Å². The van der Waals surface area contributed by atoms with Gasteiger partial charge < -0.3 is 4.90 Å². The average Bonchev–Trinajstić information content (AvgIpc) is 2.61. The van der Waals surface area contributed by atoms with Gasteiger partial charge in [0.2, 0.25) is 0 Å². The number of hydrazone groups is 1. The van der Waals surface area contributed by atoms with Crippen molar-refractivity contribution in [1.82, 2.24) is 5.43 Å². The molecule has 0 saturated heterocycles. The summed E-state index contributed by atoms with van der Waals surface area (Å²) in [4.78, 5) is 14.3. The number of hydrogen-bond acceptors (Lipinski definition) is 3. The van der Waals surface area contributed by atoms with E-state index in [2.05, 4.69) is 43.2 Å². The van der Waals surface area contributed by atoms with E-state index in [4.69, 9.17) is 11.6 Å². The van der Waals surface area contributed by atoms with Crippen LogP contribution < -0.4 is 10.3 Å². The fourth-order valence-corrected chi connectivity index (χ4v) is 3.74. The summed E-state index contributed by atoms with van der Waals surface area (Å²) in [5, 5.41) is 4.58. The Morgan fingerprint density at radius 3 is 2.67 bits per heavy atom. The summed E-state index contributed by atoms with van der Waals surface area (Å²) in [5.74, 6) is -0.405. The number of carbonyl (C=O) groups excluding carboxylic acids is 1. The highest BCUT2D eigenvalue weighted by molar-refractivity contribution is 6.33. The van der Waals surface area contributed by atoms with Crippen molar-refractivity contribution in [1.29, 1.82) is 0 Å². The molecule has 2 aromatic rings. The number of halogens is 2. The Labute approximate surface area is 164 Å². The van der Waals surface area contributed by atoms with Gasteiger partial charge in [0.15, 0.2) is 0 Å². The molecule has 1 amide bonds. The maximum absolute atomic E-state index is 12.9. The normalized spacial score (nSPS) is 18.4. The molecule has 2 aromatic carbocycles. The first-order chi connectivity index (χ1) is 12.7. The van der Waals surface area contributed by atoms with Gasteiger partial charge in [-0.3, -0.25) is 4.79 Å². The lowest BCUT2D eigenvalue weighted by Gasteiger charge is -2.45. The first-order valence-electron chi connectivity index (χ1n) is 8.85. The first kappa shape index (κ1) is 19.4. The number of hydrogen-bond donors (Lipinski definition) is 1. The molecule has 0 unspecified atom stereocenters. The Balaban J connectivity index is 1.80. The molecule has 1 aliphatic rings. The topological polar surface area (TPSA) is 44.7 Å². The highest BCUT2D eigenvalue weighted by Crippen LogP contribution is 2.44. The molecule has 142 valence electrons. The predicted octanol–water partition coefficient (Wildman–Crippen LogP) is 4.97. The van der Waals surface area contributed by atoms with E-state index >= 15 is 0 Å². The van der Waals surface area contributed by atoms with E-state index in [9.17, 15) is 9.18 Å². The second-order valence-electron chi connectivity index (χ2n) is 7.62. The van der Waals surface area contributed by atoms with Gasteiger partial charge in [0.1, 0.15) is 5.82 Å². The van der Waals surface area contributed by atoms with Crippen molar-refractivity contribution in [3.63, 3.8) is 0 Å². The minimum absolute atomic E-state index is 0.0640. The summed E-state index contributed by atoms with van der Waals surface area (Å²) in [6.07, 6.45) is 2.58. The van der Waals surface area contributed by atoms with Gasteiger partial charge in [0.05, 0.1) is 11.2 Å². The zero-order chi connectivity index (χ0) is 19.8. The number of rotatable bonds is 3. The molecule has 1 N–H and O–H groups in total. The molecule has 0 fully saturated rings. The third-order valence-electron chi connectivity index (χ3n) is 5.23. The van der Waals surface area contributed by atoms with Gasteiger partial charge in [-0.05, 0) is 68.1 Å².